The van der Waals surface area contributed by atoms with Gasteiger partial charge in [-0.2, -0.15) is 0 Å². The average molecular weight is 395 g/mol. The SMILES string of the molecule is CN1CCN(c2cc(CNC(=O)CCS(=O)(=O)C3CCCC3)ccn2)CC1. The summed E-state index contributed by atoms with van der Waals surface area (Å²) in [6, 6.07) is 3.88. The highest BCUT2D eigenvalue weighted by atomic mass is 32.2. The Bertz CT molecular complexity index is 739. The number of rotatable bonds is 7. The second-order valence-corrected chi connectivity index (χ2v) is 10.0. The number of sulfone groups is 1. The highest BCUT2D eigenvalue weighted by Gasteiger charge is 2.28. The molecule has 0 radical (unpaired) electrons. The van der Waals surface area contributed by atoms with E-state index in [1.807, 2.05) is 12.1 Å². The number of hydrogen-bond donors (Lipinski definition) is 1. The Balaban J connectivity index is 1.46. The van der Waals surface area contributed by atoms with Crippen molar-refractivity contribution < 1.29 is 13.2 Å². The van der Waals surface area contributed by atoms with Crippen LogP contribution in [0.4, 0.5) is 5.82 Å². The zero-order valence-electron chi connectivity index (χ0n) is 16.1. The molecule has 1 saturated carbocycles. The lowest BCUT2D eigenvalue weighted by atomic mass is 10.2. The van der Waals surface area contributed by atoms with Crippen LogP contribution in [0.3, 0.4) is 0 Å². The fraction of sp³-hybridized carbons (Fsp3) is 0.684. The fourth-order valence-electron chi connectivity index (χ4n) is 3.72. The molecule has 0 spiro atoms. The molecule has 8 heteroatoms. The Morgan fingerprint density at radius 3 is 2.63 bits per heavy atom. The van der Waals surface area contributed by atoms with Gasteiger partial charge in [0, 0.05) is 45.3 Å². The van der Waals surface area contributed by atoms with Gasteiger partial charge >= 0.3 is 0 Å². The van der Waals surface area contributed by atoms with Crippen LogP contribution in [-0.2, 0) is 21.2 Å². The van der Waals surface area contributed by atoms with E-state index in [1.54, 1.807) is 6.20 Å². The lowest BCUT2D eigenvalue weighted by Crippen LogP contribution is -2.44. The van der Waals surface area contributed by atoms with Crippen LogP contribution in [0.5, 0.6) is 0 Å². The van der Waals surface area contributed by atoms with Crippen LogP contribution in [0.25, 0.3) is 0 Å². The number of anilines is 1. The first-order valence-corrected chi connectivity index (χ1v) is 11.5. The molecular weight excluding hydrogens is 364 g/mol. The first-order valence-electron chi connectivity index (χ1n) is 9.81. The van der Waals surface area contributed by atoms with Gasteiger partial charge < -0.3 is 15.1 Å². The summed E-state index contributed by atoms with van der Waals surface area (Å²) in [5, 5.41) is 2.60. The molecule has 1 N–H and O–H groups in total. The summed E-state index contributed by atoms with van der Waals surface area (Å²) in [4.78, 5) is 21.1. The predicted molar refractivity (Wildman–Crippen MR) is 106 cm³/mol. The van der Waals surface area contributed by atoms with Crippen molar-refractivity contribution in [2.45, 2.75) is 43.9 Å². The predicted octanol–water partition coefficient (Wildman–Crippen LogP) is 1.20. The van der Waals surface area contributed by atoms with E-state index in [4.69, 9.17) is 0 Å². The lowest BCUT2D eigenvalue weighted by Gasteiger charge is -2.33. The van der Waals surface area contributed by atoms with Crippen LogP contribution in [0.15, 0.2) is 18.3 Å². The topological polar surface area (TPSA) is 82.6 Å². The van der Waals surface area contributed by atoms with Crippen molar-refractivity contribution >= 4 is 21.6 Å². The highest BCUT2D eigenvalue weighted by Crippen LogP contribution is 2.25. The minimum absolute atomic E-state index is 0.0369. The van der Waals surface area contributed by atoms with E-state index in [9.17, 15) is 13.2 Å². The first-order chi connectivity index (χ1) is 12.9. The van der Waals surface area contributed by atoms with E-state index < -0.39 is 9.84 Å². The molecule has 3 rings (SSSR count). The summed E-state index contributed by atoms with van der Waals surface area (Å²) in [6.07, 6.45) is 5.25. The number of nitrogens with one attached hydrogen (secondary N) is 1. The summed E-state index contributed by atoms with van der Waals surface area (Å²) in [5.74, 6) is 0.667. The maximum absolute atomic E-state index is 12.3. The molecule has 1 aromatic heterocycles. The molecule has 2 heterocycles. The molecule has 0 atom stereocenters. The van der Waals surface area contributed by atoms with Crippen LogP contribution in [-0.4, -0.2) is 68.4 Å². The van der Waals surface area contributed by atoms with Crippen molar-refractivity contribution in [1.29, 1.82) is 0 Å². The minimum Gasteiger partial charge on any atom is -0.354 e. The normalized spacial score (nSPS) is 19.4. The standard InChI is InChI=1S/C19H30N4O3S/c1-22-9-11-23(12-10-22)18-14-16(6-8-20-18)15-21-19(24)7-13-27(25,26)17-4-2-3-5-17/h6,8,14,17H,2-5,7,9-13,15H2,1H3,(H,21,24). The van der Waals surface area contributed by atoms with Crippen molar-refractivity contribution in [3.05, 3.63) is 23.9 Å². The Hall–Kier alpha value is -1.67. The maximum atomic E-state index is 12.3. The summed E-state index contributed by atoms with van der Waals surface area (Å²) >= 11 is 0. The Morgan fingerprint density at radius 1 is 1.22 bits per heavy atom. The van der Waals surface area contributed by atoms with Gasteiger partial charge in [-0.05, 0) is 37.6 Å². The van der Waals surface area contributed by atoms with Crippen molar-refractivity contribution in [1.82, 2.24) is 15.2 Å². The molecule has 150 valence electrons. The smallest absolute Gasteiger partial charge is 0.221 e. The molecule has 1 saturated heterocycles. The summed E-state index contributed by atoms with van der Waals surface area (Å²) in [6.45, 7) is 4.30. The lowest BCUT2D eigenvalue weighted by molar-refractivity contribution is -0.120. The van der Waals surface area contributed by atoms with E-state index in [0.29, 0.717) is 6.54 Å². The molecular formula is C19H30N4O3S. The Labute approximate surface area is 162 Å². The zero-order chi connectivity index (χ0) is 19.3. The quantitative estimate of drug-likeness (QED) is 0.748. The summed E-state index contributed by atoms with van der Waals surface area (Å²) in [7, 11) is -1.03. The Morgan fingerprint density at radius 2 is 1.93 bits per heavy atom. The molecule has 2 fully saturated rings. The fourth-order valence-corrected chi connectivity index (χ4v) is 5.57. The van der Waals surface area contributed by atoms with Gasteiger partial charge in [0.25, 0.3) is 0 Å². The van der Waals surface area contributed by atoms with Crippen LogP contribution < -0.4 is 10.2 Å². The van der Waals surface area contributed by atoms with Gasteiger partial charge in [-0.15, -0.1) is 0 Å². The number of carbonyl (C=O) groups is 1. The molecule has 1 aliphatic heterocycles. The van der Waals surface area contributed by atoms with E-state index >= 15 is 0 Å². The molecule has 0 bridgehead atoms. The van der Waals surface area contributed by atoms with Gasteiger partial charge in [0.1, 0.15) is 5.82 Å². The van der Waals surface area contributed by atoms with Crippen molar-refractivity contribution in [3.8, 4) is 0 Å². The number of amides is 1. The molecule has 27 heavy (non-hydrogen) atoms. The van der Waals surface area contributed by atoms with Gasteiger partial charge in [0.2, 0.25) is 5.91 Å². The number of likely N-dealkylation sites (N-methyl/N-ethyl adjacent to an activating group) is 1. The number of aromatic nitrogens is 1. The van der Waals surface area contributed by atoms with E-state index in [2.05, 4.69) is 27.1 Å². The minimum atomic E-state index is -3.15. The third-order valence-electron chi connectivity index (χ3n) is 5.55. The third-order valence-corrected chi connectivity index (χ3v) is 7.81. The zero-order valence-corrected chi connectivity index (χ0v) is 16.9. The van der Waals surface area contributed by atoms with Crippen LogP contribution in [0, 0.1) is 0 Å². The van der Waals surface area contributed by atoms with Crippen molar-refractivity contribution in [2.24, 2.45) is 0 Å². The van der Waals surface area contributed by atoms with Gasteiger partial charge in [0.15, 0.2) is 9.84 Å². The van der Waals surface area contributed by atoms with Crippen LogP contribution in [0.2, 0.25) is 0 Å². The molecule has 2 aliphatic rings. The van der Waals surface area contributed by atoms with Crippen LogP contribution in [0.1, 0.15) is 37.7 Å². The maximum Gasteiger partial charge on any atom is 0.221 e. The van der Waals surface area contributed by atoms with E-state index in [-0.39, 0.29) is 23.3 Å². The average Bonchev–Trinajstić information content (AvgIpc) is 3.21. The van der Waals surface area contributed by atoms with Gasteiger partial charge in [0.05, 0.1) is 11.0 Å². The number of nitrogens with zero attached hydrogens (tertiary/aromatic N) is 3. The number of piperazine rings is 1. The van der Waals surface area contributed by atoms with Gasteiger partial charge in [-0.25, -0.2) is 13.4 Å². The summed E-state index contributed by atoms with van der Waals surface area (Å²) < 4.78 is 24.5. The molecule has 1 amide bonds. The molecule has 1 aromatic rings. The van der Waals surface area contributed by atoms with Gasteiger partial charge in [-0.3, -0.25) is 4.79 Å². The van der Waals surface area contributed by atoms with Crippen LogP contribution >= 0.6 is 0 Å². The molecule has 1 aliphatic carbocycles. The highest BCUT2D eigenvalue weighted by molar-refractivity contribution is 7.92. The van der Waals surface area contributed by atoms with Gasteiger partial charge in [-0.1, -0.05) is 12.8 Å². The van der Waals surface area contributed by atoms with E-state index in [1.165, 1.54) is 0 Å². The number of hydrogen-bond acceptors (Lipinski definition) is 6. The van der Waals surface area contributed by atoms with Crippen molar-refractivity contribution in [2.75, 3.05) is 43.9 Å². The number of carbonyl (C=O) groups excluding carboxylic acids is 1. The molecule has 7 nitrogen and oxygen atoms in total. The van der Waals surface area contributed by atoms with Crippen molar-refractivity contribution in [3.63, 3.8) is 0 Å². The molecule has 0 unspecified atom stereocenters. The first kappa shape index (κ1) is 20.1. The monoisotopic (exact) mass is 394 g/mol. The van der Waals surface area contributed by atoms with E-state index in [0.717, 1.165) is 63.2 Å². The second kappa shape index (κ2) is 9.01. The second-order valence-electron chi connectivity index (χ2n) is 7.61. The molecule has 0 aromatic carbocycles. The third kappa shape index (κ3) is 5.65. The Kier molecular flexibility index (Phi) is 6.70. The number of pyridine rings is 1. The summed E-state index contributed by atoms with van der Waals surface area (Å²) in [5.41, 5.74) is 0.978. The largest absolute Gasteiger partial charge is 0.354 e.